The number of ether oxygens (including phenoxy) is 1. The van der Waals surface area contributed by atoms with Crippen LogP contribution >= 0.6 is 11.6 Å². The van der Waals surface area contributed by atoms with Crippen LogP contribution in [0.3, 0.4) is 0 Å². The van der Waals surface area contributed by atoms with Gasteiger partial charge in [0.15, 0.2) is 0 Å². The summed E-state index contributed by atoms with van der Waals surface area (Å²) in [6, 6.07) is 23.1. The molecule has 0 aromatic heterocycles. The van der Waals surface area contributed by atoms with Crippen molar-refractivity contribution < 1.29 is 19.1 Å². The Balaban J connectivity index is 0.000000180. The highest BCUT2D eigenvalue weighted by molar-refractivity contribution is 6.30. The minimum atomic E-state index is -0.100. The van der Waals surface area contributed by atoms with E-state index < -0.39 is 0 Å². The van der Waals surface area contributed by atoms with Gasteiger partial charge in [0.25, 0.3) is 0 Å². The maximum Gasteiger partial charge on any atom is 0.310 e. The molecule has 3 aromatic rings. The highest BCUT2D eigenvalue weighted by Gasteiger charge is 2.26. The fourth-order valence-electron chi connectivity index (χ4n) is 4.89. The smallest absolute Gasteiger partial charge is 0.310 e. The second kappa shape index (κ2) is 16.4. The number of aryl methyl sites for hydroxylation is 1. The number of para-hydroxylation sites is 1. The molecule has 1 atom stereocenters. The summed E-state index contributed by atoms with van der Waals surface area (Å²) in [5.74, 6) is -0.219. The average molecular weight is 578 g/mol. The van der Waals surface area contributed by atoms with Crippen molar-refractivity contribution in [1.82, 2.24) is 0 Å². The van der Waals surface area contributed by atoms with E-state index in [1.54, 1.807) is 36.4 Å². The lowest BCUT2D eigenvalue weighted by molar-refractivity contribution is -0.148. The predicted octanol–water partition coefficient (Wildman–Crippen LogP) is 6.65. The number of halogens is 1. The van der Waals surface area contributed by atoms with Gasteiger partial charge in [0, 0.05) is 61.3 Å². The fourth-order valence-corrected chi connectivity index (χ4v) is 5.01. The number of anilines is 3. The first-order valence-electron chi connectivity index (χ1n) is 14.1. The number of amides is 1. The molecule has 0 aliphatic carbocycles. The molecule has 1 amide bonds. The zero-order valence-electron chi connectivity index (χ0n) is 24.1. The lowest BCUT2D eigenvalue weighted by atomic mass is 9.97. The third-order valence-electron chi connectivity index (χ3n) is 6.94. The van der Waals surface area contributed by atoms with Crippen LogP contribution in [0.1, 0.15) is 49.0 Å². The highest BCUT2D eigenvalue weighted by atomic mass is 35.5. The van der Waals surface area contributed by atoms with Gasteiger partial charge in [0.1, 0.15) is 6.29 Å². The van der Waals surface area contributed by atoms with Crippen molar-refractivity contribution in [2.45, 2.75) is 39.5 Å². The number of esters is 1. The Kier molecular flexibility index (Phi) is 12.7. The normalized spacial score (nSPS) is 15.7. The van der Waals surface area contributed by atoms with E-state index in [0.29, 0.717) is 23.7 Å². The van der Waals surface area contributed by atoms with Crippen LogP contribution in [0.25, 0.3) is 0 Å². The van der Waals surface area contributed by atoms with Crippen LogP contribution in [0, 0.1) is 5.92 Å². The second-order valence-electron chi connectivity index (χ2n) is 10.1. The van der Waals surface area contributed by atoms with E-state index in [1.807, 2.05) is 19.1 Å². The summed E-state index contributed by atoms with van der Waals surface area (Å²) in [7, 11) is 2.16. The Bertz CT molecular complexity index is 1260. The number of carbonyl (C=O) groups excluding carboxylic acids is 3. The second-order valence-corrected chi connectivity index (χ2v) is 10.5. The van der Waals surface area contributed by atoms with Gasteiger partial charge in [-0.05, 0) is 92.8 Å². The van der Waals surface area contributed by atoms with Crippen LogP contribution in [0.4, 0.5) is 17.1 Å². The van der Waals surface area contributed by atoms with Crippen LogP contribution in [0.2, 0.25) is 5.02 Å². The Morgan fingerprint density at radius 1 is 1.00 bits per heavy atom. The summed E-state index contributed by atoms with van der Waals surface area (Å²) in [5, 5.41) is 3.30. The highest BCUT2D eigenvalue weighted by Crippen LogP contribution is 2.25. The van der Waals surface area contributed by atoms with Crippen LogP contribution in [0.15, 0.2) is 72.8 Å². The third-order valence-corrected chi connectivity index (χ3v) is 7.19. The molecule has 0 radical (unpaired) electrons. The molecule has 218 valence electrons. The number of aldehydes is 1. The van der Waals surface area contributed by atoms with Crippen molar-refractivity contribution in [1.29, 1.82) is 0 Å². The largest absolute Gasteiger partial charge is 0.466 e. The number of piperidine rings is 1. The van der Waals surface area contributed by atoms with Gasteiger partial charge in [-0.15, -0.1) is 0 Å². The summed E-state index contributed by atoms with van der Waals surface area (Å²) in [4.78, 5) is 37.5. The molecule has 2 aliphatic heterocycles. The number of hydrogen-bond acceptors (Lipinski definition) is 6. The van der Waals surface area contributed by atoms with Crippen LogP contribution in [-0.4, -0.2) is 51.5 Å². The molecule has 5 rings (SSSR count). The molecule has 1 saturated heterocycles. The summed E-state index contributed by atoms with van der Waals surface area (Å²) < 4.78 is 5.09. The van der Waals surface area contributed by atoms with E-state index in [0.717, 1.165) is 37.0 Å². The van der Waals surface area contributed by atoms with Crippen molar-refractivity contribution in [3.05, 3.63) is 88.9 Å². The third kappa shape index (κ3) is 10.3. The minimum absolute atomic E-state index is 0.0422. The molecule has 1 N–H and O–H groups in total. The number of nitrogens with zero attached hydrogens (tertiary/aromatic N) is 2. The molecule has 8 heteroatoms. The van der Waals surface area contributed by atoms with E-state index in [1.165, 1.54) is 37.6 Å². The lowest BCUT2D eigenvalue weighted by Gasteiger charge is -2.33. The molecule has 2 aliphatic rings. The van der Waals surface area contributed by atoms with Gasteiger partial charge in [0.2, 0.25) is 5.91 Å². The number of fused-ring (bicyclic) bond motifs is 1. The molecule has 1 unspecified atom stereocenters. The predicted molar refractivity (Wildman–Crippen MR) is 167 cm³/mol. The van der Waals surface area contributed by atoms with Crippen molar-refractivity contribution in [3.8, 4) is 0 Å². The van der Waals surface area contributed by atoms with Gasteiger partial charge in [-0.25, -0.2) is 0 Å². The average Bonchev–Trinajstić information content (AvgIpc) is 2.99. The number of benzene rings is 3. The first-order valence-corrected chi connectivity index (χ1v) is 14.5. The van der Waals surface area contributed by atoms with Crippen molar-refractivity contribution >= 4 is 46.8 Å². The molecule has 0 bridgehead atoms. The molecule has 7 nitrogen and oxygen atoms in total. The van der Waals surface area contributed by atoms with Gasteiger partial charge < -0.3 is 19.9 Å². The molecule has 1 fully saturated rings. The monoisotopic (exact) mass is 577 g/mol. The summed E-state index contributed by atoms with van der Waals surface area (Å²) in [6.45, 7) is 6.57. The standard InChI is InChI=1S/C15H19NO3.C10H13N.C8H8ClNO/c1-2-19-15(18)13-4-3-9-16(10-13)14-7-5-12(11-17)6-8-14;1-11-8-4-6-9-5-2-3-7-10(9)11;1-6(11)10-8-4-2-7(9)3-5-8/h5-8,11,13H,2-4,9-10H2,1H3;2-3,5,7H,4,6,8H2,1H3;2-5H,1H3,(H,10,11). The number of hydrogen-bond donors (Lipinski definition) is 1. The molecule has 41 heavy (non-hydrogen) atoms. The Labute approximate surface area is 248 Å². The van der Waals surface area contributed by atoms with E-state index in [-0.39, 0.29) is 17.8 Å². The first-order chi connectivity index (χ1) is 19.8. The van der Waals surface area contributed by atoms with Gasteiger partial charge >= 0.3 is 5.97 Å². The Hall–Kier alpha value is -3.84. The zero-order chi connectivity index (χ0) is 29.6. The van der Waals surface area contributed by atoms with Gasteiger partial charge in [-0.3, -0.25) is 14.4 Å². The Morgan fingerprint density at radius 2 is 1.71 bits per heavy atom. The van der Waals surface area contributed by atoms with E-state index >= 15 is 0 Å². The number of rotatable bonds is 5. The first kappa shape index (κ1) is 31.7. The van der Waals surface area contributed by atoms with E-state index in [2.05, 4.69) is 46.4 Å². The molecular weight excluding hydrogens is 538 g/mol. The van der Waals surface area contributed by atoms with E-state index in [4.69, 9.17) is 16.3 Å². The van der Waals surface area contributed by atoms with Crippen molar-refractivity contribution in [2.75, 3.05) is 48.4 Å². The van der Waals surface area contributed by atoms with Gasteiger partial charge in [-0.1, -0.05) is 29.8 Å². The SMILES string of the molecule is CC(=O)Nc1ccc(Cl)cc1.CCOC(=O)C1CCCN(c2ccc(C=O)cc2)C1.CN1CCCc2ccccc21. The lowest BCUT2D eigenvalue weighted by Crippen LogP contribution is -2.39. The number of carbonyl (C=O) groups is 3. The maximum atomic E-state index is 11.8. The summed E-state index contributed by atoms with van der Waals surface area (Å²) in [6.07, 6.45) is 5.26. The fraction of sp³-hybridized carbons (Fsp3) is 0.364. The van der Waals surface area contributed by atoms with Gasteiger partial charge in [-0.2, -0.15) is 0 Å². The van der Waals surface area contributed by atoms with Crippen molar-refractivity contribution in [3.63, 3.8) is 0 Å². The Morgan fingerprint density at radius 3 is 2.34 bits per heavy atom. The summed E-state index contributed by atoms with van der Waals surface area (Å²) in [5.41, 5.74) is 5.41. The zero-order valence-corrected chi connectivity index (χ0v) is 24.9. The number of nitrogens with one attached hydrogen (secondary N) is 1. The van der Waals surface area contributed by atoms with Crippen LogP contribution in [-0.2, 0) is 20.7 Å². The van der Waals surface area contributed by atoms with Gasteiger partial charge in [0.05, 0.1) is 12.5 Å². The van der Waals surface area contributed by atoms with Crippen LogP contribution < -0.4 is 15.1 Å². The van der Waals surface area contributed by atoms with E-state index in [9.17, 15) is 14.4 Å². The molecule has 0 spiro atoms. The van der Waals surface area contributed by atoms with Crippen molar-refractivity contribution in [2.24, 2.45) is 5.92 Å². The van der Waals surface area contributed by atoms with Crippen LogP contribution in [0.5, 0.6) is 0 Å². The molecule has 2 heterocycles. The molecule has 3 aromatic carbocycles. The maximum absolute atomic E-state index is 11.8. The molecular formula is C33H40ClN3O4. The molecule has 0 saturated carbocycles. The topological polar surface area (TPSA) is 79.0 Å². The quantitative estimate of drug-likeness (QED) is 0.270. The minimum Gasteiger partial charge on any atom is -0.466 e. The summed E-state index contributed by atoms with van der Waals surface area (Å²) >= 11 is 5.64.